The van der Waals surface area contributed by atoms with E-state index in [1.807, 2.05) is 0 Å². The maximum atomic E-state index is 10.9. The van der Waals surface area contributed by atoms with Crippen molar-refractivity contribution >= 4 is 34.4 Å². The molecule has 0 saturated heterocycles. The summed E-state index contributed by atoms with van der Waals surface area (Å²) in [5, 5.41) is 9.08. The first-order valence-corrected chi connectivity index (χ1v) is 6.39. The van der Waals surface area contributed by atoms with Gasteiger partial charge in [-0.05, 0) is 12.1 Å². The molecule has 4 nitrogen and oxygen atoms in total. The van der Waals surface area contributed by atoms with Crippen molar-refractivity contribution in [1.82, 2.24) is 4.98 Å². The third-order valence-corrected chi connectivity index (χ3v) is 2.84. The summed E-state index contributed by atoms with van der Waals surface area (Å²) in [5.41, 5.74) is 0.161. The molecule has 1 aromatic heterocycles. The van der Waals surface area contributed by atoms with E-state index >= 15 is 0 Å². The minimum absolute atomic E-state index is 0.0381. The van der Waals surface area contributed by atoms with Gasteiger partial charge >= 0.3 is 5.97 Å². The number of carbonyl (C=O) groups is 2. The van der Waals surface area contributed by atoms with Gasteiger partial charge in [-0.25, -0.2) is 9.78 Å². The Bertz CT molecular complexity index is 534. The van der Waals surface area contributed by atoms with E-state index in [4.69, 9.17) is 16.7 Å². The summed E-state index contributed by atoms with van der Waals surface area (Å²) in [5.74, 6) is 4.94. The zero-order chi connectivity index (χ0) is 13.5. The molecule has 0 atom stereocenters. The average Bonchev–Trinajstić information content (AvgIpc) is 2.29. The number of rotatable bonds is 3. The minimum atomic E-state index is -1.17. The highest BCUT2D eigenvalue weighted by Gasteiger charge is 2.10. The van der Waals surface area contributed by atoms with Gasteiger partial charge < -0.3 is 5.11 Å². The van der Waals surface area contributed by atoms with Gasteiger partial charge in [-0.3, -0.25) is 4.79 Å². The Labute approximate surface area is 114 Å². The van der Waals surface area contributed by atoms with Crippen LogP contribution in [0.3, 0.4) is 0 Å². The highest BCUT2D eigenvalue weighted by molar-refractivity contribution is 8.13. The Morgan fingerprint density at radius 1 is 1.50 bits per heavy atom. The van der Waals surface area contributed by atoms with Crippen LogP contribution in [0.2, 0.25) is 5.15 Å². The van der Waals surface area contributed by atoms with E-state index < -0.39 is 5.97 Å². The smallest absolute Gasteiger partial charge is 0.355 e. The van der Waals surface area contributed by atoms with E-state index in [1.54, 1.807) is 0 Å². The minimum Gasteiger partial charge on any atom is -0.476 e. The molecule has 1 rings (SSSR count). The fraction of sp³-hybridized carbons (Fsp3) is 0.250. The fourth-order valence-electron chi connectivity index (χ4n) is 1.10. The molecule has 0 fully saturated rings. The number of nitrogens with zero attached hydrogens (tertiary/aromatic N) is 1. The van der Waals surface area contributed by atoms with Crippen LogP contribution >= 0.6 is 23.4 Å². The van der Waals surface area contributed by atoms with Gasteiger partial charge in [0.1, 0.15) is 5.15 Å². The molecule has 0 aliphatic carbocycles. The molecular formula is C12H10ClNO3S. The Balaban J connectivity index is 2.75. The molecule has 1 N–H and O–H groups in total. The lowest BCUT2D eigenvalue weighted by atomic mass is 10.2. The van der Waals surface area contributed by atoms with E-state index in [1.165, 1.54) is 30.8 Å². The van der Waals surface area contributed by atoms with Crippen molar-refractivity contribution in [2.45, 2.75) is 13.3 Å². The number of hydrogen-bond acceptors (Lipinski definition) is 4. The van der Waals surface area contributed by atoms with E-state index in [0.29, 0.717) is 17.7 Å². The van der Waals surface area contributed by atoms with E-state index in [9.17, 15) is 9.59 Å². The second-order valence-electron chi connectivity index (χ2n) is 3.23. The largest absolute Gasteiger partial charge is 0.476 e. The standard InChI is InChI=1S/C12H10ClNO3S/c1-8(15)18-7-3-2-4-9-5-6-10(13)14-11(9)12(16)17/h5-6H,3,7H2,1H3,(H,16,17). The van der Waals surface area contributed by atoms with Crippen LogP contribution in [0.15, 0.2) is 12.1 Å². The van der Waals surface area contributed by atoms with Gasteiger partial charge in [0.15, 0.2) is 10.8 Å². The Hall–Kier alpha value is -1.51. The summed E-state index contributed by atoms with van der Waals surface area (Å²) < 4.78 is 0. The van der Waals surface area contributed by atoms with Crippen molar-refractivity contribution in [3.05, 3.63) is 28.5 Å². The Morgan fingerprint density at radius 2 is 2.22 bits per heavy atom. The van der Waals surface area contributed by atoms with Crippen LogP contribution in [0.25, 0.3) is 0 Å². The van der Waals surface area contributed by atoms with Crippen molar-refractivity contribution in [2.24, 2.45) is 0 Å². The van der Waals surface area contributed by atoms with E-state index in [-0.39, 0.29) is 16.0 Å². The number of aromatic carboxylic acids is 1. The van der Waals surface area contributed by atoms with Crippen LogP contribution < -0.4 is 0 Å². The maximum absolute atomic E-state index is 10.9. The first-order chi connectivity index (χ1) is 8.50. The first-order valence-electron chi connectivity index (χ1n) is 5.03. The van der Waals surface area contributed by atoms with Crippen LogP contribution in [0.4, 0.5) is 0 Å². The third-order valence-electron chi connectivity index (χ3n) is 1.82. The van der Waals surface area contributed by atoms with Crippen molar-refractivity contribution < 1.29 is 14.7 Å². The monoisotopic (exact) mass is 283 g/mol. The number of carbonyl (C=O) groups excluding carboxylic acids is 1. The molecule has 0 radical (unpaired) electrons. The molecule has 1 aromatic rings. The molecule has 0 aliphatic rings. The lowest BCUT2D eigenvalue weighted by Crippen LogP contribution is -2.03. The second-order valence-corrected chi connectivity index (χ2v) is 4.89. The van der Waals surface area contributed by atoms with Crippen molar-refractivity contribution in [1.29, 1.82) is 0 Å². The summed E-state index contributed by atoms with van der Waals surface area (Å²) in [7, 11) is 0. The second kappa shape index (κ2) is 7.04. The number of hydrogen-bond donors (Lipinski definition) is 1. The number of aromatic nitrogens is 1. The zero-order valence-corrected chi connectivity index (χ0v) is 11.1. The SMILES string of the molecule is CC(=O)SCCC#Cc1ccc(Cl)nc1C(=O)O. The molecule has 0 unspecified atom stereocenters. The summed E-state index contributed by atoms with van der Waals surface area (Å²) >= 11 is 6.80. The van der Waals surface area contributed by atoms with Gasteiger partial charge in [-0.1, -0.05) is 35.2 Å². The van der Waals surface area contributed by atoms with Crippen LogP contribution in [-0.2, 0) is 4.79 Å². The van der Waals surface area contributed by atoms with Crippen molar-refractivity contribution in [3.63, 3.8) is 0 Å². The van der Waals surface area contributed by atoms with Gasteiger partial charge in [-0.15, -0.1) is 0 Å². The topological polar surface area (TPSA) is 67.3 Å². The predicted octanol–water partition coefficient (Wildman–Crippen LogP) is 2.45. The van der Waals surface area contributed by atoms with Crippen molar-refractivity contribution in [2.75, 3.05) is 5.75 Å². The normalized spacial score (nSPS) is 9.44. The summed E-state index contributed by atoms with van der Waals surface area (Å²) in [4.78, 5) is 25.3. The quantitative estimate of drug-likeness (QED) is 0.524. The van der Waals surface area contributed by atoms with Gasteiger partial charge in [0.05, 0.1) is 5.56 Å². The number of thioether (sulfide) groups is 1. The summed E-state index contributed by atoms with van der Waals surface area (Å²) in [6, 6.07) is 3.01. The van der Waals surface area contributed by atoms with Crippen LogP contribution in [0.5, 0.6) is 0 Å². The van der Waals surface area contributed by atoms with E-state index in [2.05, 4.69) is 16.8 Å². The molecule has 0 aliphatic heterocycles. The molecular weight excluding hydrogens is 274 g/mol. The lowest BCUT2D eigenvalue weighted by molar-refractivity contribution is -0.109. The average molecular weight is 284 g/mol. The summed E-state index contributed by atoms with van der Waals surface area (Å²) in [6.45, 7) is 1.49. The first kappa shape index (κ1) is 14.6. The Kier molecular flexibility index (Phi) is 5.69. The highest BCUT2D eigenvalue weighted by Crippen LogP contribution is 2.11. The van der Waals surface area contributed by atoms with Gasteiger partial charge in [0.25, 0.3) is 0 Å². The van der Waals surface area contributed by atoms with Crippen LogP contribution in [-0.4, -0.2) is 26.9 Å². The van der Waals surface area contributed by atoms with Crippen LogP contribution in [0, 0.1) is 11.8 Å². The number of pyridine rings is 1. The zero-order valence-electron chi connectivity index (χ0n) is 9.57. The Morgan fingerprint density at radius 3 is 2.83 bits per heavy atom. The molecule has 0 aromatic carbocycles. The fourth-order valence-corrected chi connectivity index (χ4v) is 1.74. The molecule has 6 heteroatoms. The molecule has 18 heavy (non-hydrogen) atoms. The number of halogens is 1. The molecule has 0 saturated carbocycles. The van der Waals surface area contributed by atoms with Gasteiger partial charge in [0.2, 0.25) is 0 Å². The molecule has 0 amide bonds. The highest BCUT2D eigenvalue weighted by atomic mass is 35.5. The number of carboxylic acid groups (broad SMARTS) is 1. The maximum Gasteiger partial charge on any atom is 0.355 e. The number of carboxylic acids is 1. The molecule has 0 spiro atoms. The third kappa shape index (κ3) is 4.78. The summed E-state index contributed by atoms with van der Waals surface area (Å²) in [6.07, 6.45) is 0.506. The van der Waals surface area contributed by atoms with Crippen LogP contribution in [0.1, 0.15) is 29.4 Å². The van der Waals surface area contributed by atoms with Gasteiger partial charge in [-0.2, -0.15) is 0 Å². The molecule has 0 bridgehead atoms. The van der Waals surface area contributed by atoms with Gasteiger partial charge in [0, 0.05) is 19.1 Å². The van der Waals surface area contributed by atoms with E-state index in [0.717, 1.165) is 0 Å². The predicted molar refractivity (Wildman–Crippen MR) is 70.8 cm³/mol. The van der Waals surface area contributed by atoms with Crippen molar-refractivity contribution in [3.8, 4) is 11.8 Å². The lowest BCUT2D eigenvalue weighted by Gasteiger charge is -1.98. The molecule has 1 heterocycles. The molecule has 94 valence electrons.